The summed E-state index contributed by atoms with van der Waals surface area (Å²) in [5, 5.41) is 2.57. The number of nitrogens with two attached hydrogens (primary N) is 1. The smallest absolute Gasteiger partial charge is 0.237 e. The molecule has 90 valence electrons. The Kier molecular flexibility index (Phi) is 5.23. The van der Waals surface area contributed by atoms with Gasteiger partial charge in [-0.25, -0.2) is 8.42 Å². The summed E-state index contributed by atoms with van der Waals surface area (Å²) in [5.74, 6) is -0.333. The summed E-state index contributed by atoms with van der Waals surface area (Å²) in [7, 11) is -3.07. The van der Waals surface area contributed by atoms with Gasteiger partial charge in [-0.2, -0.15) is 0 Å². The maximum Gasteiger partial charge on any atom is 0.237 e. The summed E-state index contributed by atoms with van der Waals surface area (Å²) in [6, 6.07) is -0.996. The summed E-state index contributed by atoms with van der Waals surface area (Å²) in [5.41, 5.74) is 5.61. The van der Waals surface area contributed by atoms with Gasteiger partial charge in [0.15, 0.2) is 0 Å². The van der Waals surface area contributed by atoms with Crippen LogP contribution < -0.4 is 11.1 Å². The molecule has 5 nitrogen and oxygen atoms in total. The molecule has 0 fully saturated rings. The molecular weight excluding hydrogens is 216 g/mol. The summed E-state index contributed by atoms with van der Waals surface area (Å²) in [4.78, 5) is 11.4. The van der Waals surface area contributed by atoms with Gasteiger partial charge in [0.2, 0.25) is 5.91 Å². The molecule has 0 spiro atoms. The fourth-order valence-corrected chi connectivity index (χ4v) is 2.13. The van der Waals surface area contributed by atoms with Crippen LogP contribution >= 0.6 is 0 Å². The van der Waals surface area contributed by atoms with E-state index in [9.17, 15) is 13.2 Å². The number of amides is 1. The average molecular weight is 236 g/mol. The zero-order valence-corrected chi connectivity index (χ0v) is 10.5. The van der Waals surface area contributed by atoms with Gasteiger partial charge in [0, 0.05) is 12.3 Å². The highest BCUT2D eigenvalue weighted by molar-refractivity contribution is 7.90. The maximum atomic E-state index is 11.4. The minimum atomic E-state index is -3.07. The van der Waals surface area contributed by atoms with E-state index in [0.717, 1.165) is 6.26 Å². The van der Waals surface area contributed by atoms with E-state index in [4.69, 9.17) is 5.73 Å². The molecule has 15 heavy (non-hydrogen) atoms. The molecule has 2 atom stereocenters. The topological polar surface area (TPSA) is 89.3 Å². The Balaban J connectivity index is 4.19. The van der Waals surface area contributed by atoms with Gasteiger partial charge in [0.05, 0.1) is 11.8 Å². The van der Waals surface area contributed by atoms with E-state index < -0.39 is 21.9 Å². The van der Waals surface area contributed by atoms with Crippen molar-refractivity contribution in [3.8, 4) is 0 Å². The number of carbonyl (C=O) groups excluding carboxylic acids is 1. The quantitative estimate of drug-likeness (QED) is 0.674. The van der Waals surface area contributed by atoms with E-state index in [1.165, 1.54) is 0 Å². The lowest BCUT2D eigenvalue weighted by Gasteiger charge is -2.19. The molecule has 6 heteroatoms. The number of hydrogen-bond acceptors (Lipinski definition) is 4. The highest BCUT2D eigenvalue weighted by Gasteiger charge is 2.20. The first-order valence-corrected chi connectivity index (χ1v) is 6.93. The Bertz CT molecular complexity index is 311. The molecule has 0 saturated carbocycles. The molecule has 0 aromatic heterocycles. The van der Waals surface area contributed by atoms with Crippen molar-refractivity contribution in [3.05, 3.63) is 0 Å². The van der Waals surface area contributed by atoms with Crippen molar-refractivity contribution in [1.29, 1.82) is 0 Å². The number of sulfone groups is 1. The normalized spacial score (nSPS) is 16.1. The molecule has 0 aliphatic rings. The monoisotopic (exact) mass is 236 g/mol. The van der Waals surface area contributed by atoms with Crippen LogP contribution in [0, 0.1) is 5.92 Å². The number of carbonyl (C=O) groups is 1. The lowest BCUT2D eigenvalue weighted by Crippen LogP contribution is -2.48. The molecule has 0 aliphatic carbocycles. The first kappa shape index (κ1) is 14.4. The van der Waals surface area contributed by atoms with Crippen LogP contribution in [0.1, 0.15) is 20.8 Å². The first-order valence-electron chi connectivity index (χ1n) is 4.87. The zero-order chi connectivity index (χ0) is 12.2. The van der Waals surface area contributed by atoms with Crippen molar-refractivity contribution in [2.45, 2.75) is 32.9 Å². The zero-order valence-electron chi connectivity index (χ0n) is 9.65. The third kappa shape index (κ3) is 6.46. The van der Waals surface area contributed by atoms with Crippen molar-refractivity contribution in [1.82, 2.24) is 5.32 Å². The van der Waals surface area contributed by atoms with Crippen LogP contribution in [0.25, 0.3) is 0 Å². The molecule has 0 radical (unpaired) electrons. The molecule has 0 aromatic rings. The van der Waals surface area contributed by atoms with Crippen LogP contribution in [0.15, 0.2) is 0 Å². The van der Waals surface area contributed by atoms with Gasteiger partial charge >= 0.3 is 0 Å². The average Bonchev–Trinajstić information content (AvgIpc) is 1.98. The molecule has 2 unspecified atom stereocenters. The number of rotatable bonds is 5. The van der Waals surface area contributed by atoms with Crippen LogP contribution in [0.3, 0.4) is 0 Å². The van der Waals surface area contributed by atoms with Crippen LogP contribution in [0.2, 0.25) is 0 Å². The highest BCUT2D eigenvalue weighted by Crippen LogP contribution is 1.99. The summed E-state index contributed by atoms with van der Waals surface area (Å²) < 4.78 is 21.9. The van der Waals surface area contributed by atoms with Gasteiger partial charge in [0.25, 0.3) is 0 Å². The Morgan fingerprint density at radius 1 is 1.33 bits per heavy atom. The Morgan fingerprint density at radius 2 is 1.80 bits per heavy atom. The summed E-state index contributed by atoms with van der Waals surface area (Å²) in [6.07, 6.45) is 1.14. The minimum absolute atomic E-state index is 0.0374. The van der Waals surface area contributed by atoms with Gasteiger partial charge in [0.1, 0.15) is 9.84 Å². The van der Waals surface area contributed by atoms with E-state index in [2.05, 4.69) is 5.32 Å². The van der Waals surface area contributed by atoms with Crippen LogP contribution in [-0.2, 0) is 14.6 Å². The minimum Gasteiger partial charge on any atom is -0.351 e. The van der Waals surface area contributed by atoms with Crippen LogP contribution in [-0.4, -0.2) is 38.4 Å². The molecule has 0 bridgehead atoms. The maximum absolute atomic E-state index is 11.4. The van der Waals surface area contributed by atoms with Crippen molar-refractivity contribution in [2.24, 2.45) is 11.7 Å². The van der Waals surface area contributed by atoms with E-state index in [1.54, 1.807) is 6.92 Å². The molecule has 1 amide bonds. The van der Waals surface area contributed by atoms with Crippen molar-refractivity contribution < 1.29 is 13.2 Å². The molecule has 0 saturated heterocycles. The van der Waals surface area contributed by atoms with Gasteiger partial charge in [-0.05, 0) is 12.8 Å². The second-order valence-corrected chi connectivity index (χ2v) is 6.46. The number of nitrogens with one attached hydrogen (secondary N) is 1. The lowest BCUT2D eigenvalue weighted by atomic mass is 10.0. The van der Waals surface area contributed by atoms with E-state index in [0.29, 0.717) is 0 Å². The van der Waals surface area contributed by atoms with Gasteiger partial charge in [-0.15, -0.1) is 0 Å². The predicted molar refractivity (Wildman–Crippen MR) is 60.1 cm³/mol. The van der Waals surface area contributed by atoms with Gasteiger partial charge in [-0.1, -0.05) is 13.8 Å². The third-order valence-electron chi connectivity index (χ3n) is 1.96. The van der Waals surface area contributed by atoms with Crippen molar-refractivity contribution in [3.63, 3.8) is 0 Å². The Morgan fingerprint density at radius 3 is 2.13 bits per heavy atom. The highest BCUT2D eigenvalue weighted by atomic mass is 32.2. The SMILES string of the molecule is CC(CS(C)(=O)=O)NC(=O)C(N)C(C)C. The Labute approximate surface area is 91.3 Å². The third-order valence-corrected chi connectivity index (χ3v) is 3.07. The van der Waals surface area contributed by atoms with Crippen molar-refractivity contribution in [2.75, 3.05) is 12.0 Å². The molecule has 0 heterocycles. The van der Waals surface area contributed by atoms with Gasteiger partial charge < -0.3 is 11.1 Å². The molecule has 0 aliphatic heterocycles. The molecular formula is C9H20N2O3S. The molecule has 0 aromatic carbocycles. The van der Waals surface area contributed by atoms with E-state index >= 15 is 0 Å². The first-order chi connectivity index (χ1) is 6.63. The summed E-state index contributed by atoms with van der Waals surface area (Å²) in [6.45, 7) is 5.32. The molecule has 0 rings (SSSR count). The summed E-state index contributed by atoms with van der Waals surface area (Å²) >= 11 is 0. The van der Waals surface area contributed by atoms with Crippen LogP contribution in [0.5, 0.6) is 0 Å². The van der Waals surface area contributed by atoms with E-state index in [1.807, 2.05) is 13.8 Å². The van der Waals surface area contributed by atoms with Crippen molar-refractivity contribution >= 4 is 15.7 Å². The predicted octanol–water partition coefficient (Wildman–Crippen LogP) is -0.481. The lowest BCUT2D eigenvalue weighted by molar-refractivity contribution is -0.123. The number of hydrogen-bond donors (Lipinski definition) is 2. The van der Waals surface area contributed by atoms with Gasteiger partial charge in [-0.3, -0.25) is 4.79 Å². The Hall–Kier alpha value is -0.620. The van der Waals surface area contributed by atoms with Crippen LogP contribution in [0.4, 0.5) is 0 Å². The largest absolute Gasteiger partial charge is 0.351 e. The fraction of sp³-hybridized carbons (Fsp3) is 0.889. The fourth-order valence-electron chi connectivity index (χ4n) is 1.14. The molecule has 3 N–H and O–H groups in total. The van der Waals surface area contributed by atoms with E-state index in [-0.39, 0.29) is 17.6 Å². The second kappa shape index (κ2) is 5.46. The standard InChI is InChI=1S/C9H20N2O3S/c1-6(2)8(10)9(12)11-7(3)5-15(4,13)14/h6-8H,5,10H2,1-4H3,(H,11,12). The second-order valence-electron chi connectivity index (χ2n) is 4.27.